The molecule has 19 heavy (non-hydrogen) atoms. The highest BCUT2D eigenvalue weighted by atomic mass is 32.2. The molecule has 0 radical (unpaired) electrons. The summed E-state index contributed by atoms with van der Waals surface area (Å²) in [7, 11) is -3.65. The maximum Gasteiger partial charge on any atom is 0.276 e. The first kappa shape index (κ1) is 13.7. The Balaban J connectivity index is 1.96. The number of nitrogens with one attached hydrogen (secondary N) is 2. The van der Waals surface area contributed by atoms with E-state index in [-0.39, 0.29) is 30.4 Å². The lowest BCUT2D eigenvalue weighted by Gasteiger charge is -2.32. The first-order chi connectivity index (χ1) is 8.88. The van der Waals surface area contributed by atoms with Crippen LogP contribution in [0.3, 0.4) is 0 Å². The number of nitrogens with zero attached hydrogens (tertiary/aromatic N) is 4. The van der Waals surface area contributed by atoms with Gasteiger partial charge in [-0.05, 0) is 10.3 Å². The summed E-state index contributed by atoms with van der Waals surface area (Å²) in [6, 6.07) is 0. The fourth-order valence-corrected chi connectivity index (χ4v) is 2.32. The molecule has 1 fully saturated rings. The molecule has 12 heteroatoms. The summed E-state index contributed by atoms with van der Waals surface area (Å²) in [6.45, 7) is 1.32. The van der Waals surface area contributed by atoms with E-state index in [1.807, 2.05) is 0 Å². The van der Waals surface area contributed by atoms with Crippen LogP contribution in [0, 0.1) is 5.41 Å². The van der Waals surface area contributed by atoms with E-state index >= 15 is 0 Å². The Kier molecular flexibility index (Phi) is 3.66. The van der Waals surface area contributed by atoms with E-state index in [1.165, 1.54) is 4.31 Å². The Bertz CT molecular complexity index is 561. The van der Waals surface area contributed by atoms with Crippen LogP contribution in [0.15, 0.2) is 4.63 Å². The number of rotatable bonds is 4. The molecular weight excluding hydrogens is 276 g/mol. The molecule has 0 unspecified atom stereocenters. The van der Waals surface area contributed by atoms with Gasteiger partial charge in [-0.1, -0.05) is 0 Å². The number of hydrogen-bond acceptors (Lipinski definition) is 8. The van der Waals surface area contributed by atoms with E-state index in [1.54, 1.807) is 5.01 Å². The smallest absolute Gasteiger partial charge is 0.276 e. The zero-order valence-corrected chi connectivity index (χ0v) is 10.7. The maximum absolute atomic E-state index is 11.1. The molecule has 0 bridgehead atoms. The summed E-state index contributed by atoms with van der Waals surface area (Å²) >= 11 is 0. The maximum atomic E-state index is 11.1. The third kappa shape index (κ3) is 3.17. The molecule has 11 nitrogen and oxygen atoms in total. The van der Waals surface area contributed by atoms with Gasteiger partial charge in [0, 0.05) is 26.2 Å². The first-order valence-electron chi connectivity index (χ1n) is 5.34. The number of nitrogens with two attached hydrogens (primary N) is 2. The zero-order chi connectivity index (χ0) is 14.0. The molecule has 1 aromatic heterocycles. The molecule has 1 aliphatic heterocycles. The van der Waals surface area contributed by atoms with E-state index in [2.05, 4.69) is 20.4 Å². The molecule has 0 spiro atoms. The van der Waals surface area contributed by atoms with Crippen LogP contribution < -0.4 is 16.3 Å². The lowest BCUT2D eigenvalue weighted by molar-refractivity contribution is 0.217. The minimum absolute atomic E-state index is 0.105. The molecule has 0 aromatic carbocycles. The number of hydrogen-bond donors (Lipinski definition) is 4. The monoisotopic (exact) mass is 290 g/mol. The van der Waals surface area contributed by atoms with Crippen molar-refractivity contribution in [3.05, 3.63) is 5.69 Å². The highest BCUT2D eigenvalue weighted by molar-refractivity contribution is 7.86. The second kappa shape index (κ2) is 5.08. The fourth-order valence-electron chi connectivity index (χ4n) is 1.64. The van der Waals surface area contributed by atoms with E-state index < -0.39 is 10.2 Å². The molecule has 106 valence electrons. The quantitative estimate of drug-likeness (QED) is 0.348. The predicted octanol–water partition coefficient (Wildman–Crippen LogP) is -2.50. The molecule has 2 rings (SSSR count). The van der Waals surface area contributed by atoms with Crippen molar-refractivity contribution in [3.63, 3.8) is 0 Å². The molecule has 0 aliphatic carbocycles. The molecule has 1 aromatic rings. The van der Waals surface area contributed by atoms with E-state index in [4.69, 9.17) is 16.3 Å². The molecular formula is C7H14N8O3S. The molecule has 1 saturated heterocycles. The van der Waals surface area contributed by atoms with E-state index in [0.29, 0.717) is 13.1 Å². The van der Waals surface area contributed by atoms with Crippen molar-refractivity contribution in [2.45, 2.75) is 0 Å². The lowest BCUT2D eigenvalue weighted by atomic mass is 10.4. The molecule has 0 amide bonds. The summed E-state index contributed by atoms with van der Waals surface area (Å²) in [5, 5.41) is 21.1. The van der Waals surface area contributed by atoms with Crippen molar-refractivity contribution >= 4 is 21.9 Å². The highest BCUT2D eigenvalue weighted by Crippen LogP contribution is 2.11. The van der Waals surface area contributed by atoms with Gasteiger partial charge in [-0.15, -0.1) is 0 Å². The minimum Gasteiger partial charge on any atom is -0.382 e. The fraction of sp³-hybridized carbons (Fsp3) is 0.571. The van der Waals surface area contributed by atoms with Gasteiger partial charge in [-0.3, -0.25) is 10.8 Å². The molecule has 1 aliphatic rings. The van der Waals surface area contributed by atoms with Crippen LogP contribution in [0.5, 0.6) is 0 Å². The summed E-state index contributed by atoms with van der Waals surface area (Å²) in [5.74, 6) is -0.0523. The van der Waals surface area contributed by atoms with Crippen LogP contribution in [-0.4, -0.2) is 60.1 Å². The van der Waals surface area contributed by atoms with Crippen molar-refractivity contribution in [3.8, 4) is 0 Å². The van der Waals surface area contributed by atoms with Gasteiger partial charge in [0.1, 0.15) is 5.84 Å². The van der Waals surface area contributed by atoms with Crippen LogP contribution in [-0.2, 0) is 10.2 Å². The Morgan fingerprint density at radius 1 is 1.32 bits per heavy atom. The van der Waals surface area contributed by atoms with E-state index in [9.17, 15) is 8.42 Å². The Morgan fingerprint density at radius 2 is 1.95 bits per heavy atom. The molecule has 0 saturated carbocycles. The lowest BCUT2D eigenvalue weighted by Crippen LogP contribution is -2.52. The second-order valence-corrected chi connectivity index (χ2v) is 5.46. The van der Waals surface area contributed by atoms with Crippen molar-refractivity contribution < 1.29 is 13.0 Å². The van der Waals surface area contributed by atoms with Crippen molar-refractivity contribution in [2.75, 3.05) is 31.6 Å². The van der Waals surface area contributed by atoms with Gasteiger partial charge in [0.05, 0.1) is 0 Å². The first-order valence-corrected chi connectivity index (χ1v) is 6.84. The molecule has 2 heterocycles. The van der Waals surface area contributed by atoms with Gasteiger partial charge < -0.3 is 5.73 Å². The summed E-state index contributed by atoms with van der Waals surface area (Å²) in [4.78, 5) is 0. The van der Waals surface area contributed by atoms with Gasteiger partial charge in [0.15, 0.2) is 5.69 Å². The normalized spacial score (nSPS) is 18.4. The number of anilines is 1. The average molecular weight is 290 g/mol. The number of hydrazine groups is 1. The van der Waals surface area contributed by atoms with Crippen LogP contribution in [0.25, 0.3) is 0 Å². The van der Waals surface area contributed by atoms with Gasteiger partial charge >= 0.3 is 0 Å². The number of aromatic nitrogens is 2. The van der Waals surface area contributed by atoms with E-state index in [0.717, 1.165) is 0 Å². The molecule has 0 atom stereocenters. The average Bonchev–Trinajstić information content (AvgIpc) is 2.77. The van der Waals surface area contributed by atoms with Gasteiger partial charge in [-0.25, -0.2) is 14.8 Å². The number of nitrogen functional groups attached to an aromatic ring is 1. The number of piperazine rings is 1. The molecule has 6 N–H and O–H groups in total. The SMILES string of the molecule is N=C(N)c1nonc1NN1CCN(S(N)(=O)=O)CC1. The van der Waals surface area contributed by atoms with Crippen LogP contribution >= 0.6 is 0 Å². The van der Waals surface area contributed by atoms with Gasteiger partial charge in [-0.2, -0.15) is 12.7 Å². The van der Waals surface area contributed by atoms with Gasteiger partial charge in [0.25, 0.3) is 10.2 Å². The van der Waals surface area contributed by atoms with Crippen LogP contribution in [0.1, 0.15) is 5.69 Å². The Hall–Kier alpha value is -1.76. The summed E-state index contributed by atoms with van der Waals surface area (Å²) < 4.78 is 27.9. The zero-order valence-electron chi connectivity index (χ0n) is 9.90. The Labute approximate surface area is 109 Å². The summed E-state index contributed by atoms with van der Waals surface area (Å²) in [5.41, 5.74) is 8.27. The third-order valence-corrected chi connectivity index (χ3v) is 3.69. The number of amidine groups is 1. The Morgan fingerprint density at radius 3 is 2.47 bits per heavy atom. The van der Waals surface area contributed by atoms with Crippen molar-refractivity contribution in [1.82, 2.24) is 19.6 Å². The van der Waals surface area contributed by atoms with Crippen LogP contribution in [0.2, 0.25) is 0 Å². The summed E-state index contributed by atoms with van der Waals surface area (Å²) in [6.07, 6.45) is 0. The van der Waals surface area contributed by atoms with Crippen molar-refractivity contribution in [2.24, 2.45) is 10.9 Å². The predicted molar refractivity (Wildman–Crippen MR) is 65.2 cm³/mol. The minimum atomic E-state index is -3.65. The standard InChI is InChI=1S/C7H14N8O3S/c8-6(9)5-7(13-18-12-5)11-14-1-3-15(4-2-14)19(10,16)17/h1-4H2,(H3,8,9)(H,11,13)(H2,10,16,17). The van der Waals surface area contributed by atoms with Crippen molar-refractivity contribution in [1.29, 1.82) is 5.41 Å². The van der Waals surface area contributed by atoms with Crippen LogP contribution in [0.4, 0.5) is 5.82 Å². The second-order valence-electron chi connectivity index (χ2n) is 3.92. The topological polar surface area (TPSA) is 167 Å². The van der Waals surface area contributed by atoms with Gasteiger partial charge in [0.2, 0.25) is 5.82 Å². The third-order valence-electron chi connectivity index (χ3n) is 2.61. The highest BCUT2D eigenvalue weighted by Gasteiger charge is 2.25. The largest absolute Gasteiger partial charge is 0.382 e.